The molecule has 3 aromatic carbocycles. The lowest BCUT2D eigenvalue weighted by molar-refractivity contribution is 0.284. The first-order valence-electron chi connectivity index (χ1n) is 8.29. The molecule has 0 saturated heterocycles. The Labute approximate surface area is 173 Å². The maximum atomic E-state index is 6.44. The van der Waals surface area contributed by atoms with E-state index < -0.39 is 0 Å². The fourth-order valence-electron chi connectivity index (χ4n) is 2.52. The molecule has 6 heteroatoms. The Morgan fingerprint density at radius 3 is 2.26 bits per heavy atom. The van der Waals surface area contributed by atoms with Gasteiger partial charge in [0.25, 0.3) is 0 Å². The van der Waals surface area contributed by atoms with Crippen molar-refractivity contribution < 1.29 is 9.47 Å². The van der Waals surface area contributed by atoms with Crippen LogP contribution in [-0.4, -0.2) is 7.11 Å². The molecule has 140 valence electrons. The minimum atomic E-state index is 0.328. The number of benzene rings is 3. The quantitative estimate of drug-likeness (QED) is 0.452. The van der Waals surface area contributed by atoms with E-state index in [0.29, 0.717) is 39.7 Å². The van der Waals surface area contributed by atoms with E-state index in [9.17, 15) is 0 Å². The molecule has 0 atom stereocenters. The lowest BCUT2D eigenvalue weighted by atomic mass is 10.2. The molecule has 0 aromatic heterocycles. The van der Waals surface area contributed by atoms with Crippen LogP contribution in [0, 0.1) is 0 Å². The summed E-state index contributed by atoms with van der Waals surface area (Å²) in [6, 6.07) is 18.7. The molecule has 3 nitrogen and oxygen atoms in total. The summed E-state index contributed by atoms with van der Waals surface area (Å²) in [6.07, 6.45) is 0. The van der Waals surface area contributed by atoms with E-state index in [4.69, 9.17) is 44.3 Å². The van der Waals surface area contributed by atoms with Gasteiger partial charge >= 0.3 is 0 Å². The van der Waals surface area contributed by atoms with Crippen LogP contribution in [0.1, 0.15) is 11.1 Å². The van der Waals surface area contributed by atoms with Crippen molar-refractivity contribution in [1.29, 1.82) is 0 Å². The Hall–Kier alpha value is -2.07. The van der Waals surface area contributed by atoms with Gasteiger partial charge in [-0.05, 0) is 42.0 Å². The average Bonchev–Trinajstić information content (AvgIpc) is 2.68. The fourth-order valence-corrected chi connectivity index (χ4v) is 3.06. The van der Waals surface area contributed by atoms with E-state index in [2.05, 4.69) is 5.32 Å². The predicted molar refractivity (Wildman–Crippen MR) is 113 cm³/mol. The van der Waals surface area contributed by atoms with E-state index in [-0.39, 0.29) is 0 Å². The second-order valence-corrected chi connectivity index (χ2v) is 7.09. The summed E-state index contributed by atoms with van der Waals surface area (Å²) in [5, 5.41) is 5.25. The van der Waals surface area contributed by atoms with Crippen LogP contribution >= 0.6 is 34.8 Å². The third-order valence-corrected chi connectivity index (χ3v) is 4.97. The third-order valence-electron chi connectivity index (χ3n) is 4.00. The minimum absolute atomic E-state index is 0.328. The zero-order chi connectivity index (χ0) is 19.2. The Kier molecular flexibility index (Phi) is 6.73. The van der Waals surface area contributed by atoms with Gasteiger partial charge in [0.1, 0.15) is 6.61 Å². The van der Waals surface area contributed by atoms with Gasteiger partial charge in [0.2, 0.25) is 0 Å². The summed E-state index contributed by atoms with van der Waals surface area (Å²) in [5.74, 6) is 1.18. The van der Waals surface area contributed by atoms with Gasteiger partial charge in [0.05, 0.1) is 7.11 Å². The SMILES string of the molecule is COc1cc(CNc2ccc(Cl)cc2)c(Cl)cc1OCc1ccccc1Cl. The molecular weight excluding hydrogens is 405 g/mol. The van der Waals surface area contributed by atoms with E-state index in [0.717, 1.165) is 16.8 Å². The molecule has 0 heterocycles. The highest BCUT2D eigenvalue weighted by Gasteiger charge is 2.12. The van der Waals surface area contributed by atoms with Crippen LogP contribution in [0.2, 0.25) is 15.1 Å². The highest BCUT2D eigenvalue weighted by Crippen LogP contribution is 2.34. The Morgan fingerprint density at radius 1 is 0.815 bits per heavy atom. The first-order chi connectivity index (χ1) is 13.1. The van der Waals surface area contributed by atoms with Gasteiger partial charge in [-0.25, -0.2) is 0 Å². The highest BCUT2D eigenvalue weighted by atomic mass is 35.5. The summed E-state index contributed by atoms with van der Waals surface area (Å²) >= 11 is 18.5. The Balaban J connectivity index is 1.72. The van der Waals surface area contributed by atoms with Gasteiger partial charge in [-0.1, -0.05) is 53.0 Å². The summed E-state index contributed by atoms with van der Waals surface area (Å²) in [6.45, 7) is 0.871. The second kappa shape index (κ2) is 9.23. The van der Waals surface area contributed by atoms with Gasteiger partial charge in [0, 0.05) is 38.9 Å². The van der Waals surface area contributed by atoms with Crippen molar-refractivity contribution in [2.45, 2.75) is 13.2 Å². The molecule has 27 heavy (non-hydrogen) atoms. The number of rotatable bonds is 7. The van der Waals surface area contributed by atoms with Crippen molar-refractivity contribution in [2.75, 3.05) is 12.4 Å². The lowest BCUT2D eigenvalue weighted by Crippen LogP contribution is -2.03. The van der Waals surface area contributed by atoms with E-state index >= 15 is 0 Å². The molecule has 0 aliphatic carbocycles. The molecule has 0 amide bonds. The Bertz CT molecular complexity index is 914. The van der Waals surface area contributed by atoms with E-state index in [1.165, 1.54) is 0 Å². The van der Waals surface area contributed by atoms with Gasteiger partial charge in [0.15, 0.2) is 11.5 Å². The van der Waals surface area contributed by atoms with Crippen LogP contribution in [0.15, 0.2) is 60.7 Å². The number of anilines is 1. The van der Waals surface area contributed by atoms with Crippen LogP contribution < -0.4 is 14.8 Å². The summed E-state index contributed by atoms with van der Waals surface area (Å²) in [7, 11) is 1.60. The zero-order valence-corrected chi connectivity index (χ0v) is 16.9. The topological polar surface area (TPSA) is 30.5 Å². The Morgan fingerprint density at radius 2 is 1.56 bits per heavy atom. The molecule has 0 fully saturated rings. The smallest absolute Gasteiger partial charge is 0.163 e. The molecular formula is C21H18Cl3NO2. The molecule has 0 radical (unpaired) electrons. The third kappa shape index (κ3) is 5.23. The normalized spacial score (nSPS) is 10.5. The van der Waals surface area contributed by atoms with Crippen molar-refractivity contribution in [3.63, 3.8) is 0 Å². The van der Waals surface area contributed by atoms with Crippen molar-refractivity contribution in [1.82, 2.24) is 0 Å². The van der Waals surface area contributed by atoms with Crippen LogP contribution in [-0.2, 0) is 13.2 Å². The van der Waals surface area contributed by atoms with Crippen molar-refractivity contribution >= 4 is 40.5 Å². The largest absolute Gasteiger partial charge is 0.493 e. The van der Waals surface area contributed by atoms with Crippen LogP contribution in [0.4, 0.5) is 5.69 Å². The zero-order valence-electron chi connectivity index (χ0n) is 14.6. The van der Waals surface area contributed by atoms with Crippen LogP contribution in [0.25, 0.3) is 0 Å². The number of nitrogens with one attached hydrogen (secondary N) is 1. The molecule has 0 bridgehead atoms. The van der Waals surface area contributed by atoms with Crippen molar-refractivity contribution in [3.05, 3.63) is 86.9 Å². The molecule has 0 aliphatic rings. The second-order valence-electron chi connectivity index (χ2n) is 5.84. The number of hydrogen-bond donors (Lipinski definition) is 1. The van der Waals surface area contributed by atoms with E-state index in [1.54, 1.807) is 13.2 Å². The highest BCUT2D eigenvalue weighted by molar-refractivity contribution is 6.32. The number of methoxy groups -OCH3 is 1. The molecule has 1 N–H and O–H groups in total. The van der Waals surface area contributed by atoms with Crippen molar-refractivity contribution in [3.8, 4) is 11.5 Å². The predicted octanol–water partition coefficient (Wildman–Crippen LogP) is 6.85. The van der Waals surface area contributed by atoms with Crippen LogP contribution in [0.5, 0.6) is 11.5 Å². The van der Waals surface area contributed by atoms with E-state index in [1.807, 2.05) is 54.6 Å². The van der Waals surface area contributed by atoms with Gasteiger partial charge in [-0.2, -0.15) is 0 Å². The minimum Gasteiger partial charge on any atom is -0.493 e. The molecule has 0 saturated carbocycles. The summed E-state index contributed by atoms with van der Waals surface area (Å²) < 4.78 is 11.3. The van der Waals surface area contributed by atoms with Gasteiger partial charge in [-0.3, -0.25) is 0 Å². The average molecular weight is 423 g/mol. The maximum absolute atomic E-state index is 6.44. The molecule has 0 spiro atoms. The fraction of sp³-hybridized carbons (Fsp3) is 0.143. The van der Waals surface area contributed by atoms with Crippen molar-refractivity contribution in [2.24, 2.45) is 0 Å². The van der Waals surface area contributed by atoms with Gasteiger partial charge in [-0.15, -0.1) is 0 Å². The standard InChI is InChI=1S/C21H18Cl3NO2/c1-26-20-10-15(12-25-17-8-6-16(22)7-9-17)19(24)11-21(20)27-13-14-4-2-3-5-18(14)23/h2-11,25H,12-13H2,1H3. The summed E-state index contributed by atoms with van der Waals surface area (Å²) in [5.41, 5.74) is 2.74. The monoisotopic (exact) mass is 421 g/mol. The number of hydrogen-bond acceptors (Lipinski definition) is 3. The van der Waals surface area contributed by atoms with Crippen LogP contribution in [0.3, 0.4) is 0 Å². The maximum Gasteiger partial charge on any atom is 0.163 e. The first kappa shape index (κ1) is 19.7. The number of ether oxygens (including phenoxy) is 2. The first-order valence-corrected chi connectivity index (χ1v) is 9.42. The lowest BCUT2D eigenvalue weighted by Gasteiger charge is -2.15. The molecule has 3 rings (SSSR count). The molecule has 3 aromatic rings. The number of halogens is 3. The summed E-state index contributed by atoms with van der Waals surface area (Å²) in [4.78, 5) is 0. The molecule has 0 unspecified atom stereocenters. The molecule has 0 aliphatic heterocycles. The van der Waals surface area contributed by atoms with Gasteiger partial charge < -0.3 is 14.8 Å².